The third-order valence-electron chi connectivity index (χ3n) is 3.93. The van der Waals surface area contributed by atoms with Crippen molar-refractivity contribution in [3.8, 4) is 0 Å². The molecule has 0 atom stereocenters. The van der Waals surface area contributed by atoms with Gasteiger partial charge >= 0.3 is 5.97 Å². The van der Waals surface area contributed by atoms with E-state index < -0.39 is 13.2 Å². The second-order valence-electron chi connectivity index (χ2n) is 5.38. The number of carboxylic acids is 1. The number of aliphatic carboxylic acids is 1. The fraction of sp³-hybridized carbons (Fsp3) is 0. The number of carbonyl (C=O) groups is 1. The van der Waals surface area contributed by atoms with E-state index in [0.717, 1.165) is 15.9 Å². The average molecular weight is 333 g/mol. The third-order valence-corrected chi connectivity index (χ3v) is 7.87. The summed E-state index contributed by atoms with van der Waals surface area (Å²) in [6, 6.07) is 30.5. The molecular formula is C21H18O2P+. The van der Waals surface area contributed by atoms with E-state index in [1.807, 2.05) is 60.4 Å². The molecule has 0 aliphatic rings. The Balaban J connectivity index is 2.35. The fourth-order valence-electron chi connectivity index (χ4n) is 2.87. The van der Waals surface area contributed by atoms with Crippen molar-refractivity contribution in [3.05, 3.63) is 103 Å². The normalized spacial score (nSPS) is 11.5. The van der Waals surface area contributed by atoms with Crippen LogP contribution in [0.4, 0.5) is 0 Å². The van der Waals surface area contributed by atoms with Gasteiger partial charge in [-0.2, -0.15) is 0 Å². The van der Waals surface area contributed by atoms with Crippen molar-refractivity contribution >= 4 is 29.1 Å². The van der Waals surface area contributed by atoms with Gasteiger partial charge in [0.1, 0.15) is 23.2 Å². The summed E-state index contributed by atoms with van der Waals surface area (Å²) in [5.74, 6) is 0.956. The number of hydrogen-bond acceptors (Lipinski definition) is 1. The number of benzene rings is 3. The number of carboxylic acid groups (broad SMARTS) is 1. The van der Waals surface area contributed by atoms with E-state index in [9.17, 15) is 9.90 Å². The standard InChI is InChI=1S/C21H17O2P/c22-21(23)16-17-24(18-10-4-1-5-11-18,19-12-6-2-7-13-19)20-14-8-3-9-15-20/h1-17H/p+1/b17-16-. The summed E-state index contributed by atoms with van der Waals surface area (Å²) in [6.07, 6.45) is 1.28. The van der Waals surface area contributed by atoms with Crippen LogP contribution < -0.4 is 15.9 Å². The third kappa shape index (κ3) is 3.15. The summed E-state index contributed by atoms with van der Waals surface area (Å²) in [5.41, 5.74) is 0. The minimum atomic E-state index is -2.17. The SMILES string of the molecule is O=C(O)/C=C\[P+](c1ccccc1)(c1ccccc1)c1ccccc1. The molecule has 3 aromatic rings. The lowest BCUT2D eigenvalue weighted by Gasteiger charge is -2.23. The molecule has 24 heavy (non-hydrogen) atoms. The first kappa shape index (κ1) is 16.2. The average Bonchev–Trinajstić information content (AvgIpc) is 2.65. The summed E-state index contributed by atoms with van der Waals surface area (Å²) in [5, 5.41) is 12.7. The van der Waals surface area contributed by atoms with Crippen LogP contribution in [0.1, 0.15) is 0 Å². The predicted octanol–water partition coefficient (Wildman–Crippen LogP) is 3.58. The van der Waals surface area contributed by atoms with E-state index in [4.69, 9.17) is 0 Å². The Morgan fingerprint density at radius 3 is 1.29 bits per heavy atom. The van der Waals surface area contributed by atoms with E-state index in [1.165, 1.54) is 6.08 Å². The van der Waals surface area contributed by atoms with Gasteiger partial charge in [-0.1, -0.05) is 54.6 Å². The molecule has 0 radical (unpaired) electrons. The molecule has 0 aliphatic heterocycles. The molecule has 0 saturated carbocycles. The Labute approximate surface area is 142 Å². The van der Waals surface area contributed by atoms with E-state index >= 15 is 0 Å². The van der Waals surface area contributed by atoms with E-state index in [-0.39, 0.29) is 0 Å². The maximum absolute atomic E-state index is 11.3. The molecule has 0 aliphatic carbocycles. The quantitative estimate of drug-likeness (QED) is 0.572. The lowest BCUT2D eigenvalue weighted by Crippen LogP contribution is -2.29. The monoisotopic (exact) mass is 333 g/mol. The van der Waals surface area contributed by atoms with Crippen LogP contribution in [0.15, 0.2) is 103 Å². The van der Waals surface area contributed by atoms with Gasteiger partial charge in [-0.15, -0.1) is 0 Å². The maximum atomic E-state index is 11.3. The zero-order valence-corrected chi connectivity index (χ0v) is 14.0. The fourth-order valence-corrected chi connectivity index (χ4v) is 6.56. The smallest absolute Gasteiger partial charge is 0.331 e. The predicted molar refractivity (Wildman–Crippen MR) is 102 cm³/mol. The van der Waals surface area contributed by atoms with Crippen LogP contribution in [0.3, 0.4) is 0 Å². The molecule has 0 saturated heterocycles. The van der Waals surface area contributed by atoms with Gasteiger partial charge in [0.2, 0.25) is 0 Å². The number of rotatable bonds is 5. The molecule has 3 rings (SSSR count). The molecule has 1 N–H and O–H groups in total. The Bertz CT molecular complexity index is 731. The van der Waals surface area contributed by atoms with Gasteiger partial charge in [0, 0.05) is 0 Å². The minimum absolute atomic E-state index is 0.929. The highest BCUT2D eigenvalue weighted by molar-refractivity contribution is 7.98. The highest BCUT2D eigenvalue weighted by Crippen LogP contribution is 2.56. The van der Waals surface area contributed by atoms with Crippen LogP contribution in [-0.4, -0.2) is 11.1 Å². The van der Waals surface area contributed by atoms with E-state index in [1.54, 1.807) is 0 Å². The lowest BCUT2D eigenvalue weighted by atomic mass is 10.4. The van der Waals surface area contributed by atoms with Crippen molar-refractivity contribution in [2.24, 2.45) is 0 Å². The zero-order chi connectivity index (χ0) is 16.8. The van der Waals surface area contributed by atoms with Crippen LogP contribution in [-0.2, 0) is 4.79 Å². The maximum Gasteiger partial charge on any atom is 0.331 e. The summed E-state index contributed by atoms with van der Waals surface area (Å²) >= 11 is 0. The van der Waals surface area contributed by atoms with Gasteiger partial charge in [0.25, 0.3) is 0 Å². The Kier molecular flexibility index (Phi) is 4.88. The molecule has 0 amide bonds. The molecule has 0 aromatic heterocycles. The first-order valence-electron chi connectivity index (χ1n) is 7.71. The molecule has 0 unspecified atom stereocenters. The van der Waals surface area contributed by atoms with Gasteiger partial charge in [-0.05, 0) is 36.4 Å². The van der Waals surface area contributed by atoms with Crippen LogP contribution in [0.5, 0.6) is 0 Å². The Morgan fingerprint density at radius 2 is 1.00 bits per heavy atom. The first-order valence-corrected chi connectivity index (χ1v) is 9.57. The zero-order valence-electron chi connectivity index (χ0n) is 13.1. The van der Waals surface area contributed by atoms with Crippen molar-refractivity contribution in [2.75, 3.05) is 0 Å². The van der Waals surface area contributed by atoms with Crippen molar-refractivity contribution in [3.63, 3.8) is 0 Å². The molecule has 118 valence electrons. The summed E-state index contributed by atoms with van der Waals surface area (Å²) in [4.78, 5) is 11.3. The lowest BCUT2D eigenvalue weighted by molar-refractivity contribution is -0.131. The highest BCUT2D eigenvalue weighted by Gasteiger charge is 2.43. The summed E-state index contributed by atoms with van der Waals surface area (Å²) in [6.45, 7) is 0. The highest BCUT2D eigenvalue weighted by atomic mass is 31.2. The second-order valence-corrected chi connectivity index (χ2v) is 8.68. The molecule has 2 nitrogen and oxygen atoms in total. The van der Waals surface area contributed by atoms with Crippen molar-refractivity contribution in [2.45, 2.75) is 0 Å². The van der Waals surface area contributed by atoms with Crippen molar-refractivity contribution in [1.29, 1.82) is 0 Å². The topological polar surface area (TPSA) is 37.3 Å². The molecule has 3 aromatic carbocycles. The molecule has 0 spiro atoms. The van der Waals surface area contributed by atoms with Gasteiger partial charge in [-0.3, -0.25) is 0 Å². The Hall–Kier alpha value is -2.70. The van der Waals surface area contributed by atoms with Crippen LogP contribution in [0, 0.1) is 0 Å². The molecule has 3 heteroatoms. The summed E-state index contributed by atoms with van der Waals surface area (Å²) in [7, 11) is -2.17. The van der Waals surface area contributed by atoms with Crippen LogP contribution in [0.25, 0.3) is 0 Å². The van der Waals surface area contributed by atoms with Crippen LogP contribution >= 0.6 is 7.26 Å². The first-order chi connectivity index (χ1) is 11.7. The molecule has 0 heterocycles. The number of hydrogen-bond donors (Lipinski definition) is 1. The Morgan fingerprint density at radius 1 is 0.667 bits per heavy atom. The van der Waals surface area contributed by atoms with Gasteiger partial charge < -0.3 is 5.11 Å². The van der Waals surface area contributed by atoms with Crippen LogP contribution in [0.2, 0.25) is 0 Å². The summed E-state index contributed by atoms with van der Waals surface area (Å²) < 4.78 is 0. The molecule has 0 fully saturated rings. The second kappa shape index (κ2) is 7.25. The molecule has 0 bridgehead atoms. The van der Waals surface area contributed by atoms with Gasteiger partial charge in [0.15, 0.2) is 0 Å². The largest absolute Gasteiger partial charge is 0.478 e. The van der Waals surface area contributed by atoms with Gasteiger partial charge in [-0.25, -0.2) is 4.79 Å². The minimum Gasteiger partial charge on any atom is -0.478 e. The molecular weight excluding hydrogens is 315 g/mol. The van der Waals surface area contributed by atoms with Gasteiger partial charge in [0.05, 0.1) is 11.9 Å². The van der Waals surface area contributed by atoms with Crippen molar-refractivity contribution in [1.82, 2.24) is 0 Å². The van der Waals surface area contributed by atoms with Crippen molar-refractivity contribution < 1.29 is 9.90 Å². The van der Waals surface area contributed by atoms with E-state index in [2.05, 4.69) is 36.4 Å². The van der Waals surface area contributed by atoms with E-state index in [0.29, 0.717) is 0 Å².